The van der Waals surface area contributed by atoms with Crippen LogP contribution in [0.2, 0.25) is 0 Å². The van der Waals surface area contributed by atoms with Gasteiger partial charge in [0, 0.05) is 19.5 Å². The summed E-state index contributed by atoms with van der Waals surface area (Å²) in [7, 11) is 1.82. The van der Waals surface area contributed by atoms with Crippen molar-refractivity contribution in [2.75, 3.05) is 26.8 Å². The molecule has 1 amide bonds. The second kappa shape index (κ2) is 10.6. The van der Waals surface area contributed by atoms with E-state index in [-0.39, 0.29) is 24.9 Å². The summed E-state index contributed by atoms with van der Waals surface area (Å²) in [4.78, 5) is 11.4. The Morgan fingerprint density at radius 2 is 2.00 bits per heavy atom. The molecule has 0 radical (unpaired) electrons. The lowest BCUT2D eigenvalue weighted by atomic mass is 10.2. The summed E-state index contributed by atoms with van der Waals surface area (Å²) < 4.78 is 5.24. The highest BCUT2D eigenvalue weighted by Crippen LogP contribution is 2.11. The van der Waals surface area contributed by atoms with E-state index in [1.807, 2.05) is 31.3 Å². The third kappa shape index (κ3) is 7.66. The number of carbonyl (C=O) groups excluding carboxylic acids is 1. The molecule has 1 aromatic rings. The predicted molar refractivity (Wildman–Crippen MR) is 76.7 cm³/mol. The van der Waals surface area contributed by atoms with Crippen molar-refractivity contribution in [1.29, 1.82) is 0 Å². The maximum absolute atomic E-state index is 11.4. The minimum atomic E-state index is 0. The fraction of sp³-hybridized carbons (Fsp3) is 0.462. The van der Waals surface area contributed by atoms with Gasteiger partial charge in [-0.2, -0.15) is 0 Å². The highest BCUT2D eigenvalue weighted by Gasteiger charge is 2.00. The number of ether oxygens (including phenoxy) is 1. The second-order valence-corrected chi connectivity index (χ2v) is 3.85. The van der Waals surface area contributed by atoms with Crippen LogP contribution in [-0.2, 0) is 11.3 Å². The van der Waals surface area contributed by atoms with Gasteiger partial charge >= 0.3 is 0 Å². The molecule has 0 saturated carbocycles. The van der Waals surface area contributed by atoms with Crippen LogP contribution in [0.15, 0.2) is 24.3 Å². The standard InChI is InChI=1S/C13H20N2O3.ClH/c1-14-7-6-13(17)15-10-11-2-4-12(5-3-11)18-9-8-16;/h2-5,14,16H,6-10H2,1H3,(H,15,17);1H. The van der Waals surface area contributed by atoms with E-state index in [0.29, 0.717) is 31.9 Å². The van der Waals surface area contributed by atoms with Crippen LogP contribution in [0.25, 0.3) is 0 Å². The smallest absolute Gasteiger partial charge is 0.221 e. The minimum absolute atomic E-state index is 0. The maximum atomic E-state index is 11.4. The van der Waals surface area contributed by atoms with Gasteiger partial charge in [-0.1, -0.05) is 12.1 Å². The first-order valence-corrected chi connectivity index (χ1v) is 6.00. The average Bonchev–Trinajstić information content (AvgIpc) is 2.41. The van der Waals surface area contributed by atoms with Crippen molar-refractivity contribution in [2.45, 2.75) is 13.0 Å². The zero-order chi connectivity index (χ0) is 13.2. The number of hydrogen-bond acceptors (Lipinski definition) is 4. The molecule has 0 bridgehead atoms. The van der Waals surface area contributed by atoms with Gasteiger partial charge in [-0.05, 0) is 24.7 Å². The summed E-state index contributed by atoms with van der Waals surface area (Å²) in [5.74, 6) is 0.749. The average molecular weight is 289 g/mol. The van der Waals surface area contributed by atoms with E-state index < -0.39 is 0 Å². The summed E-state index contributed by atoms with van der Waals surface area (Å²) in [6.07, 6.45) is 0.480. The number of rotatable bonds is 8. The Hall–Kier alpha value is -1.30. The van der Waals surface area contributed by atoms with E-state index >= 15 is 0 Å². The molecule has 0 aliphatic heterocycles. The second-order valence-electron chi connectivity index (χ2n) is 3.85. The fourth-order valence-corrected chi connectivity index (χ4v) is 1.39. The molecule has 0 atom stereocenters. The van der Waals surface area contributed by atoms with Crippen LogP contribution < -0.4 is 15.4 Å². The molecule has 0 aliphatic rings. The number of benzene rings is 1. The number of hydrogen-bond donors (Lipinski definition) is 3. The van der Waals surface area contributed by atoms with Crippen LogP contribution in [0, 0.1) is 0 Å². The van der Waals surface area contributed by atoms with Crippen LogP contribution in [-0.4, -0.2) is 37.8 Å². The molecule has 3 N–H and O–H groups in total. The van der Waals surface area contributed by atoms with E-state index in [9.17, 15) is 4.79 Å². The Morgan fingerprint density at radius 3 is 2.58 bits per heavy atom. The Morgan fingerprint density at radius 1 is 1.32 bits per heavy atom. The lowest BCUT2D eigenvalue weighted by Gasteiger charge is -2.07. The quantitative estimate of drug-likeness (QED) is 0.659. The van der Waals surface area contributed by atoms with Gasteiger partial charge in [-0.3, -0.25) is 4.79 Å². The van der Waals surface area contributed by atoms with E-state index in [4.69, 9.17) is 9.84 Å². The zero-order valence-electron chi connectivity index (χ0n) is 11.0. The van der Waals surface area contributed by atoms with Gasteiger partial charge in [-0.15, -0.1) is 12.4 Å². The highest BCUT2D eigenvalue weighted by atomic mass is 35.5. The number of carbonyl (C=O) groups is 1. The number of halogens is 1. The summed E-state index contributed by atoms with van der Waals surface area (Å²) in [5.41, 5.74) is 1.02. The fourth-order valence-electron chi connectivity index (χ4n) is 1.39. The van der Waals surface area contributed by atoms with Crippen molar-refractivity contribution in [3.63, 3.8) is 0 Å². The molecule has 1 rings (SSSR count). The molecule has 6 heteroatoms. The molecule has 19 heavy (non-hydrogen) atoms. The van der Waals surface area contributed by atoms with Gasteiger partial charge in [-0.25, -0.2) is 0 Å². The molecule has 1 aromatic carbocycles. The Bertz CT molecular complexity index is 357. The molecular weight excluding hydrogens is 268 g/mol. The molecule has 0 aliphatic carbocycles. The molecule has 108 valence electrons. The summed E-state index contributed by atoms with van der Waals surface area (Å²) in [5, 5.41) is 14.4. The van der Waals surface area contributed by atoms with Crippen LogP contribution in [0.3, 0.4) is 0 Å². The SMILES string of the molecule is CNCCC(=O)NCc1ccc(OCCO)cc1.Cl. The molecule has 0 unspecified atom stereocenters. The van der Waals surface area contributed by atoms with Crippen molar-refractivity contribution < 1.29 is 14.6 Å². The third-order valence-corrected chi connectivity index (χ3v) is 2.38. The van der Waals surface area contributed by atoms with Gasteiger partial charge in [0.2, 0.25) is 5.91 Å². The maximum Gasteiger partial charge on any atom is 0.221 e. The minimum Gasteiger partial charge on any atom is -0.491 e. The van der Waals surface area contributed by atoms with Gasteiger partial charge in [0.05, 0.1) is 6.61 Å². The van der Waals surface area contributed by atoms with Gasteiger partial charge in [0.15, 0.2) is 0 Å². The molecule has 5 nitrogen and oxygen atoms in total. The molecule has 0 heterocycles. The van der Waals surface area contributed by atoms with Crippen molar-refractivity contribution in [1.82, 2.24) is 10.6 Å². The van der Waals surface area contributed by atoms with Crippen molar-refractivity contribution >= 4 is 18.3 Å². The number of amides is 1. The first-order chi connectivity index (χ1) is 8.76. The van der Waals surface area contributed by atoms with Crippen molar-refractivity contribution in [3.05, 3.63) is 29.8 Å². The highest BCUT2D eigenvalue weighted by molar-refractivity contribution is 5.85. The Labute approximate surface area is 119 Å². The lowest BCUT2D eigenvalue weighted by molar-refractivity contribution is -0.121. The van der Waals surface area contributed by atoms with Crippen LogP contribution >= 0.6 is 12.4 Å². The van der Waals surface area contributed by atoms with E-state index in [0.717, 1.165) is 5.56 Å². The summed E-state index contributed by atoms with van der Waals surface area (Å²) >= 11 is 0. The normalized spacial score (nSPS) is 9.58. The first-order valence-electron chi connectivity index (χ1n) is 6.00. The molecule has 0 saturated heterocycles. The predicted octanol–water partition coefficient (Wildman–Crippen LogP) is 0.705. The topological polar surface area (TPSA) is 70.6 Å². The van der Waals surface area contributed by atoms with E-state index in [1.165, 1.54) is 0 Å². The van der Waals surface area contributed by atoms with Gasteiger partial charge in [0.25, 0.3) is 0 Å². The molecular formula is C13H21ClN2O3. The number of aliphatic hydroxyl groups excluding tert-OH is 1. The number of aliphatic hydroxyl groups is 1. The van der Waals surface area contributed by atoms with Gasteiger partial charge < -0.3 is 20.5 Å². The Kier molecular flexibility index (Phi) is 9.88. The molecule has 0 spiro atoms. The zero-order valence-corrected chi connectivity index (χ0v) is 11.8. The van der Waals surface area contributed by atoms with E-state index in [2.05, 4.69) is 10.6 Å². The lowest BCUT2D eigenvalue weighted by Crippen LogP contribution is -2.26. The summed E-state index contributed by atoms with van der Waals surface area (Å²) in [6.45, 7) is 1.49. The van der Waals surface area contributed by atoms with Crippen molar-refractivity contribution in [3.8, 4) is 5.75 Å². The summed E-state index contributed by atoms with van der Waals surface area (Å²) in [6, 6.07) is 7.44. The largest absolute Gasteiger partial charge is 0.491 e. The van der Waals surface area contributed by atoms with Crippen LogP contribution in [0.4, 0.5) is 0 Å². The number of nitrogens with one attached hydrogen (secondary N) is 2. The van der Waals surface area contributed by atoms with Crippen LogP contribution in [0.5, 0.6) is 5.75 Å². The first kappa shape index (κ1) is 17.7. The van der Waals surface area contributed by atoms with E-state index in [1.54, 1.807) is 0 Å². The van der Waals surface area contributed by atoms with Crippen molar-refractivity contribution in [2.24, 2.45) is 0 Å². The molecule has 0 fully saturated rings. The monoisotopic (exact) mass is 288 g/mol. The van der Waals surface area contributed by atoms with Gasteiger partial charge in [0.1, 0.15) is 12.4 Å². The third-order valence-electron chi connectivity index (χ3n) is 2.38. The molecule has 0 aromatic heterocycles. The van der Waals surface area contributed by atoms with Crippen LogP contribution in [0.1, 0.15) is 12.0 Å². The Balaban J connectivity index is 0.00000324.